The van der Waals surface area contributed by atoms with Crippen LogP contribution in [0.3, 0.4) is 0 Å². The van der Waals surface area contributed by atoms with Crippen LogP contribution in [0.4, 0.5) is 16.3 Å². The van der Waals surface area contributed by atoms with Gasteiger partial charge in [-0.15, -0.1) is 0 Å². The van der Waals surface area contributed by atoms with Gasteiger partial charge in [0.2, 0.25) is 5.82 Å². The molecule has 14 heavy (non-hydrogen) atoms. The number of rotatable bonds is 2. The molecule has 1 aliphatic rings. The molecule has 0 aliphatic carbocycles. The fourth-order valence-corrected chi connectivity index (χ4v) is 0.897. The van der Waals surface area contributed by atoms with Gasteiger partial charge < -0.3 is 4.84 Å². The Bertz CT molecular complexity index is 387. The maximum absolute atomic E-state index is 10.6. The molecule has 0 aromatic carbocycles. The number of amides is 1. The molecule has 10 heteroatoms. The van der Waals surface area contributed by atoms with Gasteiger partial charge in [-0.25, -0.2) is 10.2 Å². The van der Waals surface area contributed by atoms with Crippen LogP contribution < -0.4 is 16.1 Å². The van der Waals surface area contributed by atoms with E-state index in [9.17, 15) is 14.9 Å². The lowest BCUT2D eigenvalue weighted by Crippen LogP contribution is -2.39. The van der Waals surface area contributed by atoms with Gasteiger partial charge in [-0.3, -0.25) is 15.2 Å². The second-order valence-corrected chi connectivity index (χ2v) is 2.29. The summed E-state index contributed by atoms with van der Waals surface area (Å²) in [6.45, 7) is 0. The van der Waals surface area contributed by atoms with Crippen molar-refractivity contribution in [3.63, 3.8) is 0 Å². The summed E-state index contributed by atoms with van der Waals surface area (Å²) < 4.78 is 0. The lowest BCUT2D eigenvalue weighted by Gasteiger charge is -2.08. The summed E-state index contributed by atoms with van der Waals surface area (Å²) in [5.74, 6) is -0.0270. The molecule has 3 N–H and O–H groups in total. The summed E-state index contributed by atoms with van der Waals surface area (Å²) in [6, 6.07) is 0. The van der Waals surface area contributed by atoms with Crippen LogP contribution in [0.25, 0.3) is 0 Å². The zero-order chi connectivity index (χ0) is 10.1. The smallest absolute Gasteiger partial charge is 0.330 e. The molecule has 1 aromatic heterocycles. The molecule has 1 fully saturated rings. The predicted octanol–water partition coefficient (Wildman–Crippen LogP) is -0.801. The summed E-state index contributed by atoms with van der Waals surface area (Å²) in [5.41, 5.74) is 3.95. The second kappa shape index (κ2) is 2.85. The minimum absolute atomic E-state index is 0.0270. The van der Waals surface area contributed by atoms with Crippen molar-refractivity contribution in [2.24, 2.45) is 0 Å². The average molecular weight is 200 g/mol. The molecule has 0 bridgehead atoms. The number of carbonyl (C=O) groups excluding carboxylic acids is 1. The molecule has 0 radical (unpaired) electrons. The van der Waals surface area contributed by atoms with Crippen molar-refractivity contribution >= 4 is 17.6 Å². The normalized spacial score (nSPS) is 15.1. The molecule has 0 unspecified atom stereocenters. The molecule has 1 amide bonds. The molecule has 1 aliphatic heterocycles. The van der Waals surface area contributed by atoms with E-state index in [0.717, 1.165) is 11.3 Å². The zero-order valence-corrected chi connectivity index (χ0v) is 6.55. The minimum Gasteiger partial charge on any atom is -0.330 e. The van der Waals surface area contributed by atoms with Gasteiger partial charge >= 0.3 is 11.8 Å². The Morgan fingerprint density at radius 2 is 2.43 bits per heavy atom. The van der Waals surface area contributed by atoms with Crippen LogP contribution in [0, 0.1) is 10.1 Å². The fourth-order valence-electron chi connectivity index (χ4n) is 0.897. The van der Waals surface area contributed by atoms with E-state index in [-0.39, 0.29) is 11.5 Å². The van der Waals surface area contributed by atoms with Gasteiger partial charge in [0.25, 0.3) is 0 Å². The quantitative estimate of drug-likeness (QED) is 0.421. The van der Waals surface area contributed by atoms with Gasteiger partial charge in [-0.05, 0) is 5.59 Å². The molecule has 0 atom stereocenters. The van der Waals surface area contributed by atoms with Gasteiger partial charge in [0.05, 0.1) is 4.92 Å². The number of H-pyrrole nitrogens is 1. The minimum atomic E-state index is -0.770. The summed E-state index contributed by atoms with van der Waals surface area (Å²) >= 11 is 0. The number of nitro groups is 1. The Kier molecular flexibility index (Phi) is 1.68. The van der Waals surface area contributed by atoms with Crippen molar-refractivity contribution in [1.82, 2.24) is 21.2 Å². The van der Waals surface area contributed by atoms with Crippen molar-refractivity contribution in [2.75, 3.05) is 5.12 Å². The highest BCUT2D eigenvalue weighted by Gasteiger charge is 2.28. The van der Waals surface area contributed by atoms with Gasteiger partial charge in [0, 0.05) is 0 Å². The van der Waals surface area contributed by atoms with Crippen molar-refractivity contribution in [3.05, 3.63) is 16.3 Å². The van der Waals surface area contributed by atoms with Crippen molar-refractivity contribution in [2.45, 2.75) is 0 Å². The van der Waals surface area contributed by atoms with Gasteiger partial charge in [0.15, 0.2) is 0 Å². The maximum Gasteiger partial charge on any atom is 0.448 e. The van der Waals surface area contributed by atoms with E-state index < -0.39 is 11.0 Å². The number of nitrogens with zero attached hydrogens (tertiary/aromatic N) is 3. The SMILES string of the molecule is O=C1NN(c2[nH]ncc2[N+](=O)[O-])NO1. The molecule has 2 rings (SSSR count). The van der Waals surface area contributed by atoms with Crippen LogP contribution in [0.15, 0.2) is 6.20 Å². The van der Waals surface area contributed by atoms with Crippen LogP contribution in [0.2, 0.25) is 0 Å². The number of nitrogens with one attached hydrogen (secondary N) is 3. The number of hydrogen-bond acceptors (Lipinski definition) is 7. The maximum atomic E-state index is 10.6. The standard InChI is InChI=1S/C4H4N6O4/c11-4-7-9(8-14-4)3-2(10(12)13)1-5-6-3/h1,8H,(H,5,6)(H,7,11). The van der Waals surface area contributed by atoms with E-state index in [2.05, 4.69) is 26.0 Å². The third kappa shape index (κ3) is 1.19. The van der Waals surface area contributed by atoms with Crippen LogP contribution in [-0.2, 0) is 4.84 Å². The predicted molar refractivity (Wildman–Crippen MR) is 40.5 cm³/mol. The molecule has 1 aromatic rings. The first kappa shape index (κ1) is 8.25. The van der Waals surface area contributed by atoms with E-state index >= 15 is 0 Å². The highest BCUT2D eigenvalue weighted by molar-refractivity contribution is 5.72. The van der Waals surface area contributed by atoms with Crippen molar-refractivity contribution in [1.29, 1.82) is 0 Å². The third-order valence-electron chi connectivity index (χ3n) is 1.45. The van der Waals surface area contributed by atoms with Crippen LogP contribution in [0.5, 0.6) is 0 Å². The van der Waals surface area contributed by atoms with Gasteiger partial charge in [-0.2, -0.15) is 10.2 Å². The first-order valence-electron chi connectivity index (χ1n) is 3.39. The molecule has 0 saturated carbocycles. The van der Waals surface area contributed by atoms with E-state index in [1.165, 1.54) is 0 Å². The summed E-state index contributed by atoms with van der Waals surface area (Å²) in [4.78, 5) is 24.7. The highest BCUT2D eigenvalue weighted by atomic mass is 16.8. The van der Waals surface area contributed by atoms with Gasteiger partial charge in [-0.1, -0.05) is 0 Å². The number of aromatic nitrogens is 2. The number of hydrogen-bond donors (Lipinski definition) is 3. The zero-order valence-electron chi connectivity index (χ0n) is 6.55. The Morgan fingerprint density at radius 3 is 3.00 bits per heavy atom. The molecule has 0 spiro atoms. The van der Waals surface area contributed by atoms with Crippen molar-refractivity contribution in [3.8, 4) is 0 Å². The van der Waals surface area contributed by atoms with Crippen LogP contribution >= 0.6 is 0 Å². The Labute approximate surface area is 75.9 Å². The summed E-state index contributed by atoms with van der Waals surface area (Å²) in [7, 11) is 0. The second-order valence-electron chi connectivity index (χ2n) is 2.29. The van der Waals surface area contributed by atoms with Crippen LogP contribution in [-0.4, -0.2) is 21.2 Å². The van der Waals surface area contributed by atoms with Gasteiger partial charge in [0.1, 0.15) is 6.20 Å². The Morgan fingerprint density at radius 1 is 1.64 bits per heavy atom. The number of carbonyl (C=O) groups is 1. The molecule has 2 heterocycles. The summed E-state index contributed by atoms with van der Waals surface area (Å²) in [6.07, 6.45) is 0.246. The highest BCUT2D eigenvalue weighted by Crippen LogP contribution is 2.22. The topological polar surface area (TPSA) is 125 Å². The molecule has 1 saturated heterocycles. The average Bonchev–Trinajstić information content (AvgIpc) is 2.70. The van der Waals surface area contributed by atoms with E-state index in [1.807, 2.05) is 0 Å². The third-order valence-corrected chi connectivity index (χ3v) is 1.45. The molecular formula is C4H4N6O4. The summed E-state index contributed by atoms with van der Waals surface area (Å²) in [5, 5.41) is 17.2. The van der Waals surface area contributed by atoms with E-state index in [1.54, 1.807) is 0 Å². The first-order valence-corrected chi connectivity index (χ1v) is 3.39. The van der Waals surface area contributed by atoms with E-state index in [0.29, 0.717) is 0 Å². The number of anilines is 1. The lowest BCUT2D eigenvalue weighted by atomic mass is 10.5. The molecular weight excluding hydrogens is 196 g/mol. The number of aromatic amines is 1. The Hall–Kier alpha value is -2.36. The fraction of sp³-hybridized carbons (Fsp3) is 0. The number of hydrazine groups is 2. The lowest BCUT2D eigenvalue weighted by molar-refractivity contribution is -0.384. The van der Waals surface area contributed by atoms with Crippen molar-refractivity contribution < 1.29 is 14.6 Å². The molecule has 10 nitrogen and oxygen atoms in total. The largest absolute Gasteiger partial charge is 0.448 e. The Balaban J connectivity index is 2.28. The van der Waals surface area contributed by atoms with Crippen LogP contribution in [0.1, 0.15) is 0 Å². The molecule has 74 valence electrons. The first-order chi connectivity index (χ1) is 6.68. The monoisotopic (exact) mass is 200 g/mol. The van der Waals surface area contributed by atoms with E-state index in [4.69, 9.17) is 0 Å².